The second-order valence-corrected chi connectivity index (χ2v) is 5.97. The van der Waals surface area contributed by atoms with Crippen molar-refractivity contribution in [3.05, 3.63) is 30.1 Å². The summed E-state index contributed by atoms with van der Waals surface area (Å²) in [5.74, 6) is -0.104. The van der Waals surface area contributed by atoms with Gasteiger partial charge in [0.2, 0.25) is 11.8 Å². The van der Waals surface area contributed by atoms with Crippen LogP contribution in [0.1, 0.15) is 18.4 Å². The molecule has 0 unspecified atom stereocenters. The van der Waals surface area contributed by atoms with Gasteiger partial charge >= 0.3 is 0 Å². The van der Waals surface area contributed by atoms with E-state index in [0.717, 1.165) is 5.56 Å². The average molecular weight is 335 g/mol. The number of carbonyl (C=O) groups is 2. The van der Waals surface area contributed by atoms with E-state index in [-0.39, 0.29) is 18.2 Å². The summed E-state index contributed by atoms with van der Waals surface area (Å²) >= 11 is 0. The van der Waals surface area contributed by atoms with Crippen LogP contribution in [-0.2, 0) is 25.5 Å². The Morgan fingerprint density at radius 1 is 1.50 bits per heavy atom. The Morgan fingerprint density at radius 2 is 2.33 bits per heavy atom. The molecule has 2 rings (SSSR count). The van der Waals surface area contributed by atoms with E-state index in [0.29, 0.717) is 39.1 Å². The number of methoxy groups -OCH3 is 1. The molecule has 2 amide bonds. The molecule has 2 heterocycles. The molecule has 1 saturated heterocycles. The number of aromatic nitrogens is 1. The van der Waals surface area contributed by atoms with Gasteiger partial charge in [0.1, 0.15) is 5.60 Å². The highest BCUT2D eigenvalue weighted by atomic mass is 16.5. The molecule has 1 aromatic heterocycles. The second-order valence-electron chi connectivity index (χ2n) is 5.97. The van der Waals surface area contributed by atoms with Gasteiger partial charge in [0.15, 0.2) is 0 Å². The molecule has 24 heavy (non-hydrogen) atoms. The molecule has 0 aromatic carbocycles. The lowest BCUT2D eigenvalue weighted by atomic mass is 9.98. The SMILES string of the molecule is CNC(=O)C[C@]1(OC)COCCN(C(=O)CCc2cccnc2)C1. The Kier molecular flexibility index (Phi) is 6.69. The predicted octanol–water partition coefficient (Wildman–Crippen LogP) is 0.394. The van der Waals surface area contributed by atoms with Crippen LogP contribution in [0.3, 0.4) is 0 Å². The number of ether oxygens (including phenoxy) is 2. The fourth-order valence-corrected chi connectivity index (χ4v) is 2.76. The minimum Gasteiger partial charge on any atom is -0.377 e. The monoisotopic (exact) mass is 335 g/mol. The van der Waals surface area contributed by atoms with Crippen molar-refractivity contribution in [1.29, 1.82) is 0 Å². The quantitative estimate of drug-likeness (QED) is 0.814. The largest absolute Gasteiger partial charge is 0.377 e. The molecule has 1 N–H and O–H groups in total. The fraction of sp³-hybridized carbons (Fsp3) is 0.588. The molecule has 1 aliphatic rings. The summed E-state index contributed by atoms with van der Waals surface area (Å²) in [6.07, 6.45) is 4.67. The lowest BCUT2D eigenvalue weighted by Gasteiger charge is -2.33. The molecule has 7 heteroatoms. The molecule has 0 saturated carbocycles. The maximum Gasteiger partial charge on any atom is 0.223 e. The summed E-state index contributed by atoms with van der Waals surface area (Å²) in [5, 5.41) is 2.60. The molecule has 1 fully saturated rings. The van der Waals surface area contributed by atoms with Crippen LogP contribution in [-0.4, -0.2) is 67.8 Å². The van der Waals surface area contributed by atoms with E-state index in [2.05, 4.69) is 10.3 Å². The molecule has 0 radical (unpaired) electrons. The number of rotatable bonds is 6. The summed E-state index contributed by atoms with van der Waals surface area (Å²) in [7, 11) is 3.13. The van der Waals surface area contributed by atoms with E-state index in [1.807, 2.05) is 12.1 Å². The highest BCUT2D eigenvalue weighted by Crippen LogP contribution is 2.21. The first-order chi connectivity index (χ1) is 11.6. The van der Waals surface area contributed by atoms with Crippen LogP contribution in [0.5, 0.6) is 0 Å². The number of aryl methyl sites for hydroxylation is 1. The van der Waals surface area contributed by atoms with Gasteiger partial charge in [-0.1, -0.05) is 6.07 Å². The summed E-state index contributed by atoms with van der Waals surface area (Å²) in [5.41, 5.74) is 0.223. The van der Waals surface area contributed by atoms with Crippen molar-refractivity contribution in [3.63, 3.8) is 0 Å². The maximum absolute atomic E-state index is 12.6. The van der Waals surface area contributed by atoms with E-state index >= 15 is 0 Å². The molecule has 0 spiro atoms. The van der Waals surface area contributed by atoms with Crippen LogP contribution in [0.25, 0.3) is 0 Å². The van der Waals surface area contributed by atoms with E-state index in [1.165, 1.54) is 0 Å². The van der Waals surface area contributed by atoms with Gasteiger partial charge in [0.25, 0.3) is 0 Å². The normalized spacial score (nSPS) is 21.2. The Labute approximate surface area is 142 Å². The lowest BCUT2D eigenvalue weighted by molar-refractivity contribution is -0.140. The van der Waals surface area contributed by atoms with Crippen molar-refractivity contribution < 1.29 is 19.1 Å². The van der Waals surface area contributed by atoms with Crippen LogP contribution in [0.15, 0.2) is 24.5 Å². The van der Waals surface area contributed by atoms with E-state index < -0.39 is 5.60 Å². The van der Waals surface area contributed by atoms with Gasteiger partial charge in [-0.3, -0.25) is 14.6 Å². The third kappa shape index (κ3) is 5.01. The third-order valence-corrected chi connectivity index (χ3v) is 4.25. The van der Waals surface area contributed by atoms with E-state index in [4.69, 9.17) is 9.47 Å². The summed E-state index contributed by atoms with van der Waals surface area (Å²) in [6.45, 7) is 1.59. The number of carbonyl (C=O) groups excluding carboxylic acids is 2. The Hall–Kier alpha value is -1.99. The number of nitrogens with zero attached hydrogens (tertiary/aromatic N) is 2. The molecule has 1 atom stereocenters. The molecule has 0 bridgehead atoms. The lowest BCUT2D eigenvalue weighted by Crippen LogP contribution is -2.50. The van der Waals surface area contributed by atoms with Gasteiger partial charge in [0, 0.05) is 39.5 Å². The molecule has 7 nitrogen and oxygen atoms in total. The van der Waals surface area contributed by atoms with Crippen molar-refractivity contribution in [2.75, 3.05) is 40.5 Å². The van der Waals surface area contributed by atoms with Crippen LogP contribution in [0.4, 0.5) is 0 Å². The second kappa shape index (κ2) is 8.75. The van der Waals surface area contributed by atoms with Crippen LogP contribution in [0.2, 0.25) is 0 Å². The van der Waals surface area contributed by atoms with Crippen molar-refractivity contribution >= 4 is 11.8 Å². The van der Waals surface area contributed by atoms with Crippen LogP contribution < -0.4 is 5.32 Å². The zero-order chi connectivity index (χ0) is 17.4. The first-order valence-electron chi connectivity index (χ1n) is 8.09. The first-order valence-corrected chi connectivity index (χ1v) is 8.09. The van der Waals surface area contributed by atoms with Crippen molar-refractivity contribution in [2.45, 2.75) is 24.9 Å². The topological polar surface area (TPSA) is 80.8 Å². The molecule has 1 aliphatic heterocycles. The van der Waals surface area contributed by atoms with Gasteiger partial charge in [-0.2, -0.15) is 0 Å². The molecule has 1 aromatic rings. The summed E-state index contributed by atoms with van der Waals surface area (Å²) in [4.78, 5) is 30.2. The van der Waals surface area contributed by atoms with Crippen LogP contribution in [0, 0.1) is 0 Å². The summed E-state index contributed by atoms with van der Waals surface area (Å²) < 4.78 is 11.2. The van der Waals surface area contributed by atoms with Crippen molar-refractivity contribution in [3.8, 4) is 0 Å². The number of pyridine rings is 1. The fourth-order valence-electron chi connectivity index (χ4n) is 2.76. The highest BCUT2D eigenvalue weighted by molar-refractivity contribution is 5.78. The van der Waals surface area contributed by atoms with Gasteiger partial charge < -0.3 is 19.7 Å². The van der Waals surface area contributed by atoms with Crippen LogP contribution >= 0.6 is 0 Å². The smallest absolute Gasteiger partial charge is 0.223 e. The third-order valence-electron chi connectivity index (χ3n) is 4.25. The zero-order valence-corrected chi connectivity index (χ0v) is 14.3. The first kappa shape index (κ1) is 18.4. The standard InChI is InChI=1S/C17H25N3O4/c1-18-15(21)10-17(23-2)12-20(8-9-24-13-17)16(22)6-5-14-4-3-7-19-11-14/h3-4,7,11H,5-6,8-10,12-13H2,1-2H3,(H,18,21)/t17-/m1/s1. The molecular weight excluding hydrogens is 310 g/mol. The maximum atomic E-state index is 12.6. The van der Waals surface area contributed by atoms with Gasteiger partial charge in [0.05, 0.1) is 26.2 Å². The average Bonchev–Trinajstić information content (AvgIpc) is 2.83. The zero-order valence-electron chi connectivity index (χ0n) is 14.3. The van der Waals surface area contributed by atoms with Gasteiger partial charge in [-0.15, -0.1) is 0 Å². The number of hydrogen-bond acceptors (Lipinski definition) is 5. The van der Waals surface area contributed by atoms with Gasteiger partial charge in [-0.05, 0) is 18.1 Å². The summed E-state index contributed by atoms with van der Waals surface area (Å²) in [6, 6.07) is 3.82. The predicted molar refractivity (Wildman–Crippen MR) is 88.4 cm³/mol. The van der Waals surface area contributed by atoms with E-state index in [1.54, 1.807) is 31.5 Å². The highest BCUT2D eigenvalue weighted by Gasteiger charge is 2.38. The Bertz CT molecular complexity index is 552. The number of nitrogens with one attached hydrogen (secondary N) is 1. The Morgan fingerprint density at radius 3 is 3.00 bits per heavy atom. The Balaban J connectivity index is 1.99. The molecule has 0 aliphatic carbocycles. The number of amides is 2. The molecular formula is C17H25N3O4. The number of hydrogen-bond donors (Lipinski definition) is 1. The van der Waals surface area contributed by atoms with Crippen molar-refractivity contribution in [2.24, 2.45) is 0 Å². The van der Waals surface area contributed by atoms with E-state index in [9.17, 15) is 9.59 Å². The molecule has 132 valence electrons. The minimum atomic E-state index is -0.805. The minimum absolute atomic E-state index is 0.0303. The van der Waals surface area contributed by atoms with Gasteiger partial charge in [-0.25, -0.2) is 0 Å². The van der Waals surface area contributed by atoms with Crippen molar-refractivity contribution in [1.82, 2.24) is 15.2 Å².